The maximum Gasteiger partial charge on any atom is 0.265 e. The summed E-state index contributed by atoms with van der Waals surface area (Å²) in [6, 6.07) is 19.5. The lowest BCUT2D eigenvalue weighted by Crippen LogP contribution is -2.45. The summed E-state index contributed by atoms with van der Waals surface area (Å²) in [5.74, 6) is -0.127. The Bertz CT molecular complexity index is 566. The zero-order chi connectivity index (χ0) is 14.9. The van der Waals surface area contributed by atoms with E-state index in [2.05, 4.69) is 29.6 Å². The summed E-state index contributed by atoms with van der Waals surface area (Å²) in [4.78, 5) is 12.0. The van der Waals surface area contributed by atoms with Gasteiger partial charge in [-0.25, -0.2) is 5.43 Å². The molecule has 0 heterocycles. The monoisotopic (exact) mass is 280 g/mol. The van der Waals surface area contributed by atoms with Crippen LogP contribution in [0.5, 0.6) is 0 Å². The van der Waals surface area contributed by atoms with Gasteiger partial charge >= 0.3 is 0 Å². The zero-order valence-electron chi connectivity index (χ0n) is 12.0. The fraction of sp³-hybridized carbons (Fsp3) is 0.167. The Morgan fingerprint density at radius 1 is 1.05 bits per heavy atom. The number of hydrogen-bond donors (Lipinski definition) is 2. The molecular weight excluding hydrogens is 260 g/mol. The highest BCUT2D eigenvalue weighted by Crippen LogP contribution is 2.06. The zero-order valence-corrected chi connectivity index (χ0v) is 12.0. The number of carbonyl (C=O) groups excluding carboxylic acids is 1. The van der Waals surface area contributed by atoms with Crippen LogP contribution in [0, 0.1) is 0 Å². The number of nitrogens with one attached hydrogen (secondary N) is 2. The lowest BCUT2D eigenvalue weighted by atomic mass is 10.0. The van der Waals surface area contributed by atoms with Crippen molar-refractivity contribution < 1.29 is 4.79 Å². The van der Waals surface area contributed by atoms with Crippen molar-refractivity contribution in [2.24, 2.45) is 0 Å². The van der Waals surface area contributed by atoms with Crippen LogP contribution in [0.25, 0.3) is 0 Å². The van der Waals surface area contributed by atoms with Crippen LogP contribution in [0.3, 0.4) is 0 Å². The second kappa shape index (κ2) is 8.02. The van der Waals surface area contributed by atoms with E-state index < -0.39 is 0 Å². The molecule has 1 amide bonds. The van der Waals surface area contributed by atoms with E-state index in [4.69, 9.17) is 0 Å². The summed E-state index contributed by atoms with van der Waals surface area (Å²) >= 11 is 0. The Hall–Kier alpha value is -2.39. The van der Waals surface area contributed by atoms with Gasteiger partial charge in [0.05, 0.1) is 0 Å². The van der Waals surface area contributed by atoms with E-state index in [-0.39, 0.29) is 11.9 Å². The molecule has 0 aliphatic rings. The lowest BCUT2D eigenvalue weighted by Gasteiger charge is -2.18. The van der Waals surface area contributed by atoms with Crippen molar-refractivity contribution in [2.75, 3.05) is 0 Å². The molecule has 0 bridgehead atoms. The SMILES string of the molecule is C=CCC(Cc1ccccc1)NNC(=O)c1ccccc1. The Morgan fingerprint density at radius 3 is 2.29 bits per heavy atom. The van der Waals surface area contributed by atoms with E-state index in [0.29, 0.717) is 5.56 Å². The molecule has 0 aromatic heterocycles. The van der Waals surface area contributed by atoms with E-state index in [1.54, 1.807) is 12.1 Å². The van der Waals surface area contributed by atoms with Gasteiger partial charge in [0.1, 0.15) is 0 Å². The normalized spacial score (nSPS) is 11.6. The minimum Gasteiger partial charge on any atom is -0.287 e. The number of rotatable bonds is 7. The summed E-state index contributed by atoms with van der Waals surface area (Å²) in [6.07, 6.45) is 3.47. The first-order valence-corrected chi connectivity index (χ1v) is 7.05. The van der Waals surface area contributed by atoms with Crippen LogP contribution in [0.1, 0.15) is 22.3 Å². The third-order valence-electron chi connectivity index (χ3n) is 3.20. The number of carbonyl (C=O) groups is 1. The molecule has 0 saturated carbocycles. The van der Waals surface area contributed by atoms with Gasteiger partial charge in [0.15, 0.2) is 0 Å². The summed E-state index contributed by atoms with van der Waals surface area (Å²) in [5.41, 5.74) is 7.73. The quantitative estimate of drug-likeness (QED) is 0.604. The molecule has 1 atom stereocenters. The molecule has 3 nitrogen and oxygen atoms in total. The van der Waals surface area contributed by atoms with Gasteiger partial charge in [0.2, 0.25) is 0 Å². The molecule has 0 saturated heterocycles. The third kappa shape index (κ3) is 4.89. The molecule has 2 rings (SSSR count). The maximum atomic E-state index is 12.0. The molecule has 0 spiro atoms. The third-order valence-corrected chi connectivity index (χ3v) is 3.20. The van der Waals surface area contributed by atoms with Crippen molar-refractivity contribution in [3.05, 3.63) is 84.4 Å². The first-order valence-electron chi connectivity index (χ1n) is 7.05. The van der Waals surface area contributed by atoms with Crippen LogP contribution in [-0.2, 0) is 6.42 Å². The Labute approximate surface area is 125 Å². The molecule has 0 aliphatic heterocycles. The fourth-order valence-electron chi connectivity index (χ4n) is 2.12. The van der Waals surface area contributed by atoms with E-state index in [9.17, 15) is 4.79 Å². The van der Waals surface area contributed by atoms with Gasteiger partial charge in [-0.05, 0) is 30.5 Å². The number of hydrogen-bond acceptors (Lipinski definition) is 2. The highest BCUT2D eigenvalue weighted by atomic mass is 16.2. The van der Waals surface area contributed by atoms with Crippen LogP contribution in [0.2, 0.25) is 0 Å². The Morgan fingerprint density at radius 2 is 1.67 bits per heavy atom. The minimum absolute atomic E-state index is 0.123. The van der Waals surface area contributed by atoms with E-state index in [1.807, 2.05) is 42.5 Å². The molecular formula is C18H20N2O. The Kier molecular flexibility index (Phi) is 5.73. The molecule has 21 heavy (non-hydrogen) atoms. The predicted molar refractivity (Wildman–Crippen MR) is 85.8 cm³/mol. The van der Waals surface area contributed by atoms with Crippen LogP contribution >= 0.6 is 0 Å². The number of amides is 1. The van der Waals surface area contributed by atoms with Crippen molar-refractivity contribution in [2.45, 2.75) is 18.9 Å². The maximum absolute atomic E-state index is 12.0. The molecule has 1 unspecified atom stereocenters. The molecule has 2 aromatic carbocycles. The van der Waals surface area contributed by atoms with Crippen molar-refractivity contribution in [3.8, 4) is 0 Å². The van der Waals surface area contributed by atoms with Gasteiger partial charge in [0.25, 0.3) is 5.91 Å². The summed E-state index contributed by atoms with van der Waals surface area (Å²) in [5, 5.41) is 0. The first-order chi connectivity index (χ1) is 10.3. The van der Waals surface area contributed by atoms with Crippen molar-refractivity contribution >= 4 is 5.91 Å². The van der Waals surface area contributed by atoms with Crippen LogP contribution in [0.4, 0.5) is 0 Å². The van der Waals surface area contributed by atoms with Gasteiger partial charge in [-0.1, -0.05) is 54.6 Å². The van der Waals surface area contributed by atoms with E-state index in [0.717, 1.165) is 12.8 Å². The van der Waals surface area contributed by atoms with Crippen molar-refractivity contribution in [1.29, 1.82) is 0 Å². The van der Waals surface area contributed by atoms with Crippen molar-refractivity contribution in [1.82, 2.24) is 10.9 Å². The Balaban J connectivity index is 1.91. The molecule has 0 radical (unpaired) electrons. The summed E-state index contributed by atoms with van der Waals surface area (Å²) < 4.78 is 0. The van der Waals surface area contributed by atoms with Gasteiger partial charge in [0, 0.05) is 11.6 Å². The van der Waals surface area contributed by atoms with Gasteiger partial charge < -0.3 is 0 Å². The average molecular weight is 280 g/mol. The summed E-state index contributed by atoms with van der Waals surface area (Å²) in [7, 11) is 0. The number of benzene rings is 2. The average Bonchev–Trinajstić information content (AvgIpc) is 2.54. The molecule has 3 heteroatoms. The molecule has 0 aliphatic carbocycles. The fourth-order valence-corrected chi connectivity index (χ4v) is 2.12. The second-order valence-electron chi connectivity index (χ2n) is 4.88. The van der Waals surface area contributed by atoms with Crippen molar-refractivity contribution in [3.63, 3.8) is 0 Å². The van der Waals surface area contributed by atoms with Gasteiger partial charge in [-0.2, -0.15) is 0 Å². The molecule has 2 aromatic rings. The van der Waals surface area contributed by atoms with Gasteiger partial charge in [-0.3, -0.25) is 10.2 Å². The predicted octanol–water partition coefficient (Wildman–Crippen LogP) is 3.11. The lowest BCUT2D eigenvalue weighted by molar-refractivity contribution is 0.0925. The highest BCUT2D eigenvalue weighted by Gasteiger charge is 2.10. The standard InChI is InChI=1S/C18H20N2O/c1-2-9-17(14-15-10-5-3-6-11-15)19-20-18(21)16-12-7-4-8-13-16/h2-8,10-13,17,19H,1,9,14H2,(H,20,21). The largest absolute Gasteiger partial charge is 0.287 e. The second-order valence-corrected chi connectivity index (χ2v) is 4.88. The summed E-state index contributed by atoms with van der Waals surface area (Å²) in [6.45, 7) is 3.77. The molecule has 2 N–H and O–H groups in total. The van der Waals surface area contributed by atoms with Crippen LogP contribution in [0.15, 0.2) is 73.3 Å². The van der Waals surface area contributed by atoms with Crippen LogP contribution < -0.4 is 10.9 Å². The van der Waals surface area contributed by atoms with Gasteiger partial charge in [-0.15, -0.1) is 6.58 Å². The highest BCUT2D eigenvalue weighted by molar-refractivity contribution is 5.93. The minimum atomic E-state index is -0.127. The number of hydrazine groups is 1. The van der Waals surface area contributed by atoms with E-state index >= 15 is 0 Å². The topological polar surface area (TPSA) is 41.1 Å². The van der Waals surface area contributed by atoms with E-state index in [1.165, 1.54) is 5.56 Å². The smallest absolute Gasteiger partial charge is 0.265 e. The first kappa shape index (κ1) is 15.0. The molecule has 0 fully saturated rings. The molecule has 108 valence electrons. The van der Waals surface area contributed by atoms with Crippen LogP contribution in [-0.4, -0.2) is 11.9 Å².